The summed E-state index contributed by atoms with van der Waals surface area (Å²) < 4.78 is 1.62. The number of nitrogens with two attached hydrogens (primary N) is 1. The minimum atomic E-state index is -0.609. The van der Waals surface area contributed by atoms with E-state index < -0.39 is 11.9 Å². The van der Waals surface area contributed by atoms with Gasteiger partial charge in [-0.05, 0) is 12.3 Å². The first kappa shape index (κ1) is 14.6. The van der Waals surface area contributed by atoms with Crippen LogP contribution in [-0.4, -0.2) is 27.4 Å². The van der Waals surface area contributed by atoms with E-state index in [1.165, 1.54) is 19.3 Å². The third-order valence-corrected chi connectivity index (χ3v) is 3.97. The average molecular weight is 278 g/mol. The summed E-state index contributed by atoms with van der Waals surface area (Å²) >= 11 is 0. The molecular formula is C14H22N4O2. The van der Waals surface area contributed by atoms with Gasteiger partial charge in [-0.1, -0.05) is 32.1 Å². The maximum absolute atomic E-state index is 12.1. The number of rotatable bonds is 5. The zero-order valence-electron chi connectivity index (χ0n) is 11.8. The van der Waals surface area contributed by atoms with Crippen molar-refractivity contribution in [3.05, 3.63) is 18.2 Å². The molecule has 3 N–H and O–H groups in total. The van der Waals surface area contributed by atoms with Gasteiger partial charge in [0, 0.05) is 19.4 Å². The van der Waals surface area contributed by atoms with Crippen LogP contribution in [0.2, 0.25) is 0 Å². The number of carbonyl (C=O) groups is 2. The van der Waals surface area contributed by atoms with Crippen LogP contribution in [0.15, 0.2) is 12.4 Å². The minimum absolute atomic E-state index is 0.292. The van der Waals surface area contributed by atoms with Crippen LogP contribution in [0.1, 0.15) is 49.1 Å². The fraction of sp³-hybridized carbons (Fsp3) is 0.643. The number of carbonyl (C=O) groups excluding carboxylic acids is 2. The highest BCUT2D eigenvalue weighted by atomic mass is 16.2. The van der Waals surface area contributed by atoms with Crippen molar-refractivity contribution in [3.63, 3.8) is 0 Å². The molecule has 1 fully saturated rings. The lowest BCUT2D eigenvalue weighted by atomic mass is 9.84. The number of imidazole rings is 1. The lowest BCUT2D eigenvalue weighted by molar-refractivity contribution is -0.120. The van der Waals surface area contributed by atoms with Gasteiger partial charge in [-0.3, -0.25) is 9.59 Å². The fourth-order valence-corrected chi connectivity index (χ4v) is 2.81. The Kier molecular flexibility index (Phi) is 4.76. The van der Waals surface area contributed by atoms with E-state index in [-0.39, 0.29) is 5.91 Å². The highest BCUT2D eigenvalue weighted by Gasteiger charge is 2.25. The van der Waals surface area contributed by atoms with Crippen LogP contribution < -0.4 is 11.1 Å². The molecule has 0 unspecified atom stereocenters. The number of amides is 2. The predicted molar refractivity (Wildman–Crippen MR) is 74.8 cm³/mol. The van der Waals surface area contributed by atoms with Crippen LogP contribution in [0.5, 0.6) is 0 Å². The monoisotopic (exact) mass is 278 g/mol. The molecule has 6 nitrogen and oxygen atoms in total. The molecule has 1 aliphatic carbocycles. The van der Waals surface area contributed by atoms with Gasteiger partial charge in [0.25, 0.3) is 5.91 Å². The van der Waals surface area contributed by atoms with Gasteiger partial charge in [0.2, 0.25) is 5.91 Å². The summed E-state index contributed by atoms with van der Waals surface area (Å²) in [5.41, 5.74) is 5.41. The number of nitrogens with one attached hydrogen (secondary N) is 1. The second-order valence-electron chi connectivity index (χ2n) is 5.53. The van der Waals surface area contributed by atoms with Crippen molar-refractivity contribution < 1.29 is 9.59 Å². The Morgan fingerprint density at radius 1 is 1.45 bits per heavy atom. The van der Waals surface area contributed by atoms with E-state index in [9.17, 15) is 9.59 Å². The van der Waals surface area contributed by atoms with Gasteiger partial charge in [0.05, 0.1) is 0 Å². The van der Waals surface area contributed by atoms with Gasteiger partial charge in [-0.25, -0.2) is 4.98 Å². The van der Waals surface area contributed by atoms with Crippen LogP contribution in [0.3, 0.4) is 0 Å². The van der Waals surface area contributed by atoms with E-state index in [1.54, 1.807) is 24.0 Å². The number of nitrogens with zero attached hydrogens (tertiary/aromatic N) is 2. The van der Waals surface area contributed by atoms with E-state index in [1.807, 2.05) is 0 Å². The molecule has 1 aromatic rings. The SMILES string of the molecule is Cn1ccnc1C(=O)N[C@@H](CC1CCCCC1)C(N)=O. The summed E-state index contributed by atoms with van der Waals surface area (Å²) in [6.45, 7) is 0. The van der Waals surface area contributed by atoms with Crippen LogP contribution in [-0.2, 0) is 11.8 Å². The van der Waals surface area contributed by atoms with E-state index >= 15 is 0 Å². The normalized spacial score (nSPS) is 17.6. The molecule has 6 heteroatoms. The summed E-state index contributed by atoms with van der Waals surface area (Å²) in [6.07, 6.45) is 9.75. The first-order valence-electron chi connectivity index (χ1n) is 7.15. The molecule has 2 rings (SSSR count). The number of aromatic nitrogens is 2. The Balaban J connectivity index is 1.96. The molecule has 0 radical (unpaired) electrons. The zero-order chi connectivity index (χ0) is 14.5. The van der Waals surface area contributed by atoms with Crippen molar-refractivity contribution in [2.75, 3.05) is 0 Å². The van der Waals surface area contributed by atoms with Crippen molar-refractivity contribution in [1.29, 1.82) is 0 Å². The summed E-state index contributed by atoms with van der Waals surface area (Å²) in [7, 11) is 1.74. The molecule has 20 heavy (non-hydrogen) atoms. The van der Waals surface area contributed by atoms with Crippen molar-refractivity contribution in [2.45, 2.75) is 44.6 Å². The topological polar surface area (TPSA) is 90.0 Å². The molecule has 0 spiro atoms. The molecule has 0 aromatic carbocycles. The molecule has 0 saturated heterocycles. The summed E-state index contributed by atoms with van der Waals surface area (Å²) in [5, 5.41) is 2.71. The van der Waals surface area contributed by atoms with Crippen molar-refractivity contribution in [2.24, 2.45) is 18.7 Å². The van der Waals surface area contributed by atoms with E-state index in [0.29, 0.717) is 18.2 Å². The van der Waals surface area contributed by atoms with E-state index in [0.717, 1.165) is 12.8 Å². The highest BCUT2D eigenvalue weighted by molar-refractivity contribution is 5.94. The Morgan fingerprint density at radius 3 is 2.70 bits per heavy atom. The van der Waals surface area contributed by atoms with Crippen molar-refractivity contribution in [3.8, 4) is 0 Å². The first-order chi connectivity index (χ1) is 9.58. The standard InChI is InChI=1S/C14H22N4O2/c1-18-8-7-16-13(18)14(20)17-11(12(15)19)9-10-5-3-2-4-6-10/h7-8,10-11H,2-6,9H2,1H3,(H2,15,19)(H,17,20)/t11-/m0/s1. The highest BCUT2D eigenvalue weighted by Crippen LogP contribution is 2.27. The Hall–Kier alpha value is -1.85. The molecular weight excluding hydrogens is 256 g/mol. The van der Waals surface area contributed by atoms with Crippen molar-refractivity contribution >= 4 is 11.8 Å². The van der Waals surface area contributed by atoms with Crippen LogP contribution in [0, 0.1) is 5.92 Å². The molecule has 0 aliphatic heterocycles. The molecule has 1 saturated carbocycles. The predicted octanol–water partition coefficient (Wildman–Crippen LogP) is 0.974. The third kappa shape index (κ3) is 3.59. The number of primary amides is 1. The van der Waals surface area contributed by atoms with Crippen LogP contribution >= 0.6 is 0 Å². The Labute approximate surface area is 118 Å². The second-order valence-corrected chi connectivity index (χ2v) is 5.53. The minimum Gasteiger partial charge on any atom is -0.368 e. The maximum atomic E-state index is 12.1. The molecule has 110 valence electrons. The van der Waals surface area contributed by atoms with Gasteiger partial charge < -0.3 is 15.6 Å². The molecule has 1 heterocycles. The molecule has 2 amide bonds. The number of aryl methyl sites for hydroxylation is 1. The van der Waals surface area contributed by atoms with E-state index in [2.05, 4.69) is 10.3 Å². The zero-order valence-corrected chi connectivity index (χ0v) is 11.8. The smallest absolute Gasteiger partial charge is 0.287 e. The van der Waals surface area contributed by atoms with Gasteiger partial charge in [-0.15, -0.1) is 0 Å². The number of hydrogen-bond acceptors (Lipinski definition) is 3. The molecule has 1 aromatic heterocycles. The van der Waals surface area contributed by atoms with E-state index in [4.69, 9.17) is 5.73 Å². The van der Waals surface area contributed by atoms with Gasteiger partial charge in [0.1, 0.15) is 6.04 Å². The quantitative estimate of drug-likeness (QED) is 0.841. The lowest BCUT2D eigenvalue weighted by Crippen LogP contribution is -2.46. The summed E-state index contributed by atoms with van der Waals surface area (Å²) in [5.74, 6) is -0.0574. The number of hydrogen-bond donors (Lipinski definition) is 2. The van der Waals surface area contributed by atoms with Gasteiger partial charge in [-0.2, -0.15) is 0 Å². The van der Waals surface area contributed by atoms with Crippen LogP contribution in [0.25, 0.3) is 0 Å². The third-order valence-electron chi connectivity index (χ3n) is 3.97. The average Bonchev–Trinajstić information content (AvgIpc) is 2.85. The van der Waals surface area contributed by atoms with Crippen LogP contribution in [0.4, 0.5) is 0 Å². The fourth-order valence-electron chi connectivity index (χ4n) is 2.81. The van der Waals surface area contributed by atoms with Crippen molar-refractivity contribution in [1.82, 2.24) is 14.9 Å². The lowest BCUT2D eigenvalue weighted by Gasteiger charge is -2.25. The van der Waals surface area contributed by atoms with Gasteiger partial charge in [0.15, 0.2) is 5.82 Å². The Bertz CT molecular complexity index is 477. The summed E-state index contributed by atoms with van der Waals surface area (Å²) in [4.78, 5) is 27.6. The summed E-state index contributed by atoms with van der Waals surface area (Å²) in [6, 6.07) is -0.609. The second kappa shape index (κ2) is 6.54. The molecule has 1 aliphatic rings. The Morgan fingerprint density at radius 2 is 2.15 bits per heavy atom. The first-order valence-corrected chi connectivity index (χ1v) is 7.15. The molecule has 1 atom stereocenters. The maximum Gasteiger partial charge on any atom is 0.287 e. The van der Waals surface area contributed by atoms with Gasteiger partial charge >= 0.3 is 0 Å². The largest absolute Gasteiger partial charge is 0.368 e. The molecule has 0 bridgehead atoms.